The zero-order valence-electron chi connectivity index (χ0n) is 15.0. The molecule has 1 N–H and O–H groups in total. The van der Waals surface area contributed by atoms with E-state index in [0.717, 1.165) is 11.1 Å². The first kappa shape index (κ1) is 18.8. The molecule has 144 valence electrons. The molecule has 6 nitrogen and oxygen atoms in total. The molecule has 0 saturated heterocycles. The molecular weight excluding hydrogens is 395 g/mol. The second-order valence-corrected chi connectivity index (χ2v) is 6.55. The van der Waals surface area contributed by atoms with Crippen molar-refractivity contribution in [2.75, 3.05) is 5.32 Å². The zero-order chi connectivity index (χ0) is 20.2. The maximum absolute atomic E-state index is 14.0. The molecule has 2 heterocycles. The summed E-state index contributed by atoms with van der Waals surface area (Å²) in [5.74, 6) is -0.533. The predicted molar refractivity (Wildman–Crippen MR) is 106 cm³/mol. The predicted octanol–water partition coefficient (Wildman–Crippen LogP) is 4.77. The van der Waals surface area contributed by atoms with E-state index in [2.05, 4.69) is 20.4 Å². The number of aromatic nitrogens is 3. The summed E-state index contributed by atoms with van der Waals surface area (Å²) in [7, 11) is 0. The molecule has 0 spiro atoms. The Hall–Kier alpha value is -3.58. The van der Waals surface area contributed by atoms with E-state index >= 15 is 0 Å². The molecule has 0 saturated carbocycles. The Labute approximate surface area is 170 Å². The van der Waals surface area contributed by atoms with E-state index in [1.54, 1.807) is 30.6 Å². The highest BCUT2D eigenvalue weighted by Gasteiger charge is 2.18. The summed E-state index contributed by atoms with van der Waals surface area (Å²) in [6.45, 7) is 0. The number of carbonyl (C=O) groups excluding carboxylic acids is 1. The van der Waals surface area contributed by atoms with Crippen molar-refractivity contribution in [3.05, 3.63) is 94.8 Å². The fraction of sp³-hybridized carbons (Fsp3) is 0.0476. The maximum Gasteiger partial charge on any atom is 0.260 e. The van der Waals surface area contributed by atoms with Crippen LogP contribution in [-0.2, 0) is 6.42 Å². The smallest absolute Gasteiger partial charge is 0.260 e. The molecule has 4 aromatic rings. The van der Waals surface area contributed by atoms with Crippen LogP contribution in [0.2, 0.25) is 5.02 Å². The number of amides is 1. The van der Waals surface area contributed by atoms with Gasteiger partial charge in [-0.15, -0.1) is 0 Å². The first-order valence-electron chi connectivity index (χ1n) is 8.68. The maximum atomic E-state index is 14.0. The lowest BCUT2D eigenvalue weighted by molar-refractivity contribution is 0.102. The van der Waals surface area contributed by atoms with E-state index in [-0.39, 0.29) is 17.0 Å². The van der Waals surface area contributed by atoms with E-state index < -0.39 is 11.7 Å². The van der Waals surface area contributed by atoms with Gasteiger partial charge in [0.2, 0.25) is 11.7 Å². The largest absolute Gasteiger partial charge is 0.339 e. The van der Waals surface area contributed by atoms with Gasteiger partial charge in [0.1, 0.15) is 5.82 Å². The Morgan fingerprint density at radius 3 is 2.76 bits per heavy atom. The molecule has 4 rings (SSSR count). The van der Waals surface area contributed by atoms with Crippen LogP contribution in [0.15, 0.2) is 71.5 Å². The van der Waals surface area contributed by atoms with Gasteiger partial charge in [0.05, 0.1) is 17.0 Å². The lowest BCUT2D eigenvalue weighted by atomic mass is 10.1. The van der Waals surface area contributed by atoms with Crippen molar-refractivity contribution in [2.45, 2.75) is 6.42 Å². The Balaban J connectivity index is 1.56. The minimum Gasteiger partial charge on any atom is -0.339 e. The first-order chi connectivity index (χ1) is 14.1. The summed E-state index contributed by atoms with van der Waals surface area (Å²) in [5.41, 5.74) is 1.76. The van der Waals surface area contributed by atoms with E-state index in [1.165, 1.54) is 18.2 Å². The number of halogens is 2. The van der Waals surface area contributed by atoms with Crippen molar-refractivity contribution in [2.24, 2.45) is 0 Å². The van der Waals surface area contributed by atoms with Gasteiger partial charge in [-0.05, 0) is 35.9 Å². The fourth-order valence-corrected chi connectivity index (χ4v) is 3.05. The van der Waals surface area contributed by atoms with Crippen LogP contribution in [-0.4, -0.2) is 21.0 Å². The third-order valence-corrected chi connectivity index (χ3v) is 4.50. The lowest BCUT2D eigenvalue weighted by Crippen LogP contribution is -2.15. The van der Waals surface area contributed by atoms with Gasteiger partial charge < -0.3 is 9.84 Å². The molecule has 2 aromatic heterocycles. The number of nitrogens with one attached hydrogen (secondary N) is 1. The molecule has 0 aliphatic heterocycles. The SMILES string of the molecule is O=C(Nc1ccccc1Cc1nc(-c2cccnc2)no1)c1c(F)cccc1Cl. The summed E-state index contributed by atoms with van der Waals surface area (Å²) in [5, 5.41) is 6.71. The lowest BCUT2D eigenvalue weighted by Gasteiger charge is -2.11. The number of nitrogens with zero attached hydrogens (tertiary/aromatic N) is 3. The molecule has 29 heavy (non-hydrogen) atoms. The third kappa shape index (κ3) is 4.14. The molecule has 0 aliphatic rings. The Morgan fingerprint density at radius 2 is 1.97 bits per heavy atom. The molecule has 0 aliphatic carbocycles. The quantitative estimate of drug-likeness (QED) is 0.514. The number of carbonyl (C=O) groups is 1. The molecular formula is C21H14ClFN4O2. The number of hydrogen-bond acceptors (Lipinski definition) is 5. The molecule has 0 radical (unpaired) electrons. The summed E-state index contributed by atoms with van der Waals surface area (Å²) in [4.78, 5) is 21.0. The summed E-state index contributed by atoms with van der Waals surface area (Å²) in [6.07, 6.45) is 3.58. The van der Waals surface area contributed by atoms with Crippen LogP contribution in [0.4, 0.5) is 10.1 Å². The van der Waals surface area contributed by atoms with Crippen LogP contribution < -0.4 is 5.32 Å². The molecule has 8 heteroatoms. The topological polar surface area (TPSA) is 80.9 Å². The normalized spacial score (nSPS) is 10.7. The number of pyridine rings is 1. The highest BCUT2D eigenvalue weighted by atomic mass is 35.5. The molecule has 0 bridgehead atoms. The van der Waals surface area contributed by atoms with E-state index in [1.807, 2.05) is 18.2 Å². The Bertz CT molecular complexity index is 1140. The van der Waals surface area contributed by atoms with Crippen molar-refractivity contribution >= 4 is 23.2 Å². The summed E-state index contributed by atoms with van der Waals surface area (Å²) < 4.78 is 19.4. The molecule has 1 amide bonds. The average Bonchev–Trinajstić information content (AvgIpc) is 3.19. The standard InChI is InChI=1S/C21H14ClFN4O2/c22-15-7-3-8-16(23)19(15)21(28)25-17-9-2-1-5-13(17)11-18-26-20(27-29-18)14-6-4-10-24-12-14/h1-10,12H,11H2,(H,25,28). The van der Waals surface area contributed by atoms with Crippen molar-refractivity contribution < 1.29 is 13.7 Å². The molecule has 0 fully saturated rings. The van der Waals surface area contributed by atoms with Crippen LogP contribution in [0, 0.1) is 5.82 Å². The van der Waals surface area contributed by atoms with Gasteiger partial charge in [-0.1, -0.05) is 41.0 Å². The zero-order valence-corrected chi connectivity index (χ0v) is 15.7. The summed E-state index contributed by atoms with van der Waals surface area (Å²) >= 11 is 5.98. The minimum atomic E-state index is -0.689. The van der Waals surface area contributed by atoms with Crippen molar-refractivity contribution in [1.82, 2.24) is 15.1 Å². The number of para-hydroxylation sites is 1. The number of rotatable bonds is 5. The Kier molecular flexibility index (Phi) is 5.31. The minimum absolute atomic E-state index is 0.0398. The second-order valence-electron chi connectivity index (χ2n) is 6.14. The third-order valence-electron chi connectivity index (χ3n) is 4.18. The van der Waals surface area contributed by atoms with E-state index in [9.17, 15) is 9.18 Å². The van der Waals surface area contributed by atoms with Crippen molar-refractivity contribution in [1.29, 1.82) is 0 Å². The van der Waals surface area contributed by atoms with Gasteiger partial charge in [-0.25, -0.2) is 4.39 Å². The molecule has 0 atom stereocenters. The van der Waals surface area contributed by atoms with Gasteiger partial charge in [0.25, 0.3) is 5.91 Å². The van der Waals surface area contributed by atoms with Gasteiger partial charge in [-0.2, -0.15) is 4.98 Å². The van der Waals surface area contributed by atoms with Crippen LogP contribution in [0.5, 0.6) is 0 Å². The van der Waals surface area contributed by atoms with Gasteiger partial charge in [-0.3, -0.25) is 9.78 Å². The van der Waals surface area contributed by atoms with Gasteiger partial charge >= 0.3 is 0 Å². The van der Waals surface area contributed by atoms with Gasteiger partial charge in [0, 0.05) is 23.6 Å². The first-order valence-corrected chi connectivity index (χ1v) is 9.06. The average molecular weight is 409 g/mol. The number of anilines is 1. The molecule has 2 aromatic carbocycles. The van der Waals surface area contributed by atoms with Crippen molar-refractivity contribution in [3.63, 3.8) is 0 Å². The van der Waals surface area contributed by atoms with Crippen LogP contribution in [0.3, 0.4) is 0 Å². The van der Waals surface area contributed by atoms with Gasteiger partial charge in [0.15, 0.2) is 0 Å². The number of benzene rings is 2. The number of hydrogen-bond donors (Lipinski definition) is 1. The molecule has 0 unspecified atom stereocenters. The monoisotopic (exact) mass is 408 g/mol. The highest BCUT2D eigenvalue weighted by Crippen LogP contribution is 2.24. The second kappa shape index (κ2) is 8.20. The van der Waals surface area contributed by atoms with Crippen molar-refractivity contribution in [3.8, 4) is 11.4 Å². The van der Waals surface area contributed by atoms with Crippen LogP contribution in [0.1, 0.15) is 21.8 Å². The van der Waals surface area contributed by atoms with E-state index in [0.29, 0.717) is 17.4 Å². The Morgan fingerprint density at radius 1 is 1.10 bits per heavy atom. The highest BCUT2D eigenvalue weighted by molar-refractivity contribution is 6.34. The fourth-order valence-electron chi connectivity index (χ4n) is 2.80. The summed E-state index contributed by atoms with van der Waals surface area (Å²) in [6, 6.07) is 14.8. The van der Waals surface area contributed by atoms with Crippen LogP contribution in [0.25, 0.3) is 11.4 Å². The van der Waals surface area contributed by atoms with E-state index in [4.69, 9.17) is 16.1 Å². The van der Waals surface area contributed by atoms with Crippen LogP contribution >= 0.6 is 11.6 Å².